The van der Waals surface area contributed by atoms with Gasteiger partial charge < -0.3 is 9.84 Å². The topological polar surface area (TPSA) is 92.7 Å². The van der Waals surface area contributed by atoms with E-state index in [0.717, 1.165) is 12.1 Å². The molecule has 0 aliphatic rings. The summed E-state index contributed by atoms with van der Waals surface area (Å²) in [6, 6.07) is 1.84. The Kier molecular flexibility index (Phi) is 5.68. The molecule has 1 aromatic rings. The summed E-state index contributed by atoms with van der Waals surface area (Å²) in [4.78, 5) is 10.8. The average molecular weight is 319 g/mol. The number of hydrogen-bond acceptors (Lipinski definition) is 4. The van der Waals surface area contributed by atoms with Gasteiger partial charge in [0, 0.05) is 0 Å². The van der Waals surface area contributed by atoms with E-state index in [1.165, 1.54) is 13.2 Å². The van der Waals surface area contributed by atoms with Crippen molar-refractivity contribution in [3.8, 4) is 5.75 Å². The minimum absolute atomic E-state index is 0.0920. The zero-order valence-corrected chi connectivity index (χ0v) is 12.8. The largest absolute Gasteiger partial charge is 0.494 e. The van der Waals surface area contributed by atoms with Crippen LogP contribution in [0.4, 0.5) is 4.39 Å². The molecule has 0 aliphatic heterocycles. The van der Waals surface area contributed by atoms with Crippen LogP contribution in [0.1, 0.15) is 20.3 Å². The first-order valence-electron chi connectivity index (χ1n) is 6.31. The van der Waals surface area contributed by atoms with Crippen molar-refractivity contribution < 1.29 is 27.4 Å². The van der Waals surface area contributed by atoms with Crippen molar-refractivity contribution in [3.05, 3.63) is 24.0 Å². The smallest absolute Gasteiger partial charge is 0.322 e. The van der Waals surface area contributed by atoms with Crippen molar-refractivity contribution in [2.75, 3.05) is 7.11 Å². The van der Waals surface area contributed by atoms with Gasteiger partial charge in [-0.05, 0) is 24.1 Å². The first-order valence-corrected chi connectivity index (χ1v) is 7.80. The Balaban J connectivity index is 3.10. The number of methoxy groups -OCH3 is 1. The van der Waals surface area contributed by atoms with E-state index in [2.05, 4.69) is 4.72 Å². The maximum absolute atomic E-state index is 13.6. The van der Waals surface area contributed by atoms with Gasteiger partial charge in [-0.25, -0.2) is 12.8 Å². The van der Waals surface area contributed by atoms with E-state index >= 15 is 0 Å². The van der Waals surface area contributed by atoms with Crippen LogP contribution in [0.3, 0.4) is 0 Å². The van der Waals surface area contributed by atoms with Gasteiger partial charge in [-0.15, -0.1) is 0 Å². The van der Waals surface area contributed by atoms with Gasteiger partial charge in [-0.3, -0.25) is 4.79 Å². The Morgan fingerprint density at radius 1 is 1.48 bits per heavy atom. The van der Waals surface area contributed by atoms with Crippen molar-refractivity contribution in [2.45, 2.75) is 31.2 Å². The van der Waals surface area contributed by atoms with E-state index in [1.54, 1.807) is 13.8 Å². The lowest BCUT2D eigenvalue weighted by Gasteiger charge is -2.20. The van der Waals surface area contributed by atoms with Crippen LogP contribution in [-0.4, -0.2) is 32.6 Å². The maximum atomic E-state index is 13.6. The van der Waals surface area contributed by atoms with E-state index < -0.39 is 33.8 Å². The van der Waals surface area contributed by atoms with Crippen LogP contribution in [0.25, 0.3) is 0 Å². The molecule has 21 heavy (non-hydrogen) atoms. The summed E-state index contributed by atoms with van der Waals surface area (Å²) in [7, 11) is -2.88. The summed E-state index contributed by atoms with van der Waals surface area (Å²) in [5, 5.41) is 9.10. The minimum Gasteiger partial charge on any atom is -0.494 e. The summed E-state index contributed by atoms with van der Waals surface area (Å²) < 4.78 is 44.6. The fraction of sp³-hybridized carbons (Fsp3) is 0.462. The molecule has 0 unspecified atom stereocenters. The fourth-order valence-electron chi connectivity index (χ4n) is 1.70. The molecular formula is C13H18FNO5S. The zero-order valence-electron chi connectivity index (χ0n) is 12.0. The van der Waals surface area contributed by atoms with Gasteiger partial charge in [0.15, 0.2) is 11.6 Å². The summed E-state index contributed by atoms with van der Waals surface area (Å²) in [5.41, 5.74) is 0. The number of sulfonamides is 1. The number of halogens is 1. The molecule has 2 atom stereocenters. The molecule has 1 aromatic carbocycles. The van der Waals surface area contributed by atoms with Crippen LogP contribution in [0.2, 0.25) is 0 Å². The van der Waals surface area contributed by atoms with Crippen molar-refractivity contribution >= 4 is 16.0 Å². The van der Waals surface area contributed by atoms with Crippen molar-refractivity contribution in [1.82, 2.24) is 4.72 Å². The number of hydrogen-bond donors (Lipinski definition) is 2. The van der Waals surface area contributed by atoms with E-state index in [1.807, 2.05) is 0 Å². The standard InChI is InChI=1S/C13H18FNO5S/c1-4-8(2)12(13(16)17)15-21(18,19)9-5-6-11(20-3)10(14)7-9/h5-8,12,15H,4H2,1-3H3,(H,16,17)/t8-,12-/m0/s1. The molecule has 6 nitrogen and oxygen atoms in total. The predicted octanol–water partition coefficient (Wildman–Crippen LogP) is 1.61. The minimum atomic E-state index is -4.13. The highest BCUT2D eigenvalue weighted by molar-refractivity contribution is 7.89. The van der Waals surface area contributed by atoms with Gasteiger partial charge in [0.25, 0.3) is 0 Å². The third kappa shape index (κ3) is 4.15. The van der Waals surface area contributed by atoms with Crippen LogP contribution in [0.5, 0.6) is 5.75 Å². The van der Waals surface area contributed by atoms with Crippen LogP contribution >= 0.6 is 0 Å². The zero-order chi connectivity index (χ0) is 16.2. The first-order chi connectivity index (χ1) is 9.72. The van der Waals surface area contributed by atoms with E-state index in [4.69, 9.17) is 9.84 Å². The normalized spacial score (nSPS) is 14.5. The molecule has 0 bridgehead atoms. The van der Waals surface area contributed by atoms with E-state index in [9.17, 15) is 17.6 Å². The fourth-order valence-corrected chi connectivity index (χ4v) is 3.00. The Morgan fingerprint density at radius 3 is 2.52 bits per heavy atom. The van der Waals surface area contributed by atoms with Crippen LogP contribution in [0.15, 0.2) is 23.1 Å². The summed E-state index contributed by atoms with van der Waals surface area (Å²) in [6.07, 6.45) is 0.483. The average Bonchev–Trinajstić information content (AvgIpc) is 2.43. The monoisotopic (exact) mass is 319 g/mol. The molecule has 0 heterocycles. The van der Waals surface area contributed by atoms with Gasteiger partial charge in [0.1, 0.15) is 6.04 Å². The first kappa shape index (κ1) is 17.4. The molecule has 0 radical (unpaired) electrons. The van der Waals surface area contributed by atoms with Gasteiger partial charge in [-0.1, -0.05) is 20.3 Å². The molecule has 8 heteroatoms. The van der Waals surface area contributed by atoms with Crippen molar-refractivity contribution in [3.63, 3.8) is 0 Å². The van der Waals surface area contributed by atoms with Crippen LogP contribution in [0, 0.1) is 11.7 Å². The number of carboxylic acids is 1. The number of aliphatic carboxylic acids is 1. The number of benzene rings is 1. The number of nitrogens with one attached hydrogen (secondary N) is 1. The number of ether oxygens (including phenoxy) is 1. The molecule has 118 valence electrons. The second-order valence-corrected chi connectivity index (χ2v) is 6.33. The van der Waals surface area contributed by atoms with Crippen molar-refractivity contribution in [2.24, 2.45) is 5.92 Å². The van der Waals surface area contributed by atoms with Gasteiger partial charge >= 0.3 is 5.97 Å². The second kappa shape index (κ2) is 6.86. The van der Waals surface area contributed by atoms with Gasteiger partial charge in [-0.2, -0.15) is 4.72 Å². The number of carbonyl (C=O) groups is 1. The Labute approximate surface area is 123 Å². The lowest BCUT2D eigenvalue weighted by molar-refractivity contribution is -0.140. The molecule has 0 saturated carbocycles. The molecule has 0 aliphatic carbocycles. The number of carboxylic acid groups (broad SMARTS) is 1. The lowest BCUT2D eigenvalue weighted by Crippen LogP contribution is -2.44. The molecule has 0 aromatic heterocycles. The third-order valence-corrected chi connectivity index (χ3v) is 4.63. The Bertz CT molecular complexity index is 617. The van der Waals surface area contributed by atoms with E-state index in [0.29, 0.717) is 6.42 Å². The van der Waals surface area contributed by atoms with Crippen LogP contribution in [-0.2, 0) is 14.8 Å². The summed E-state index contributed by atoms with van der Waals surface area (Å²) in [6.45, 7) is 3.37. The third-order valence-electron chi connectivity index (χ3n) is 3.19. The molecule has 0 saturated heterocycles. The van der Waals surface area contributed by atoms with Gasteiger partial charge in [0.05, 0.1) is 12.0 Å². The highest BCUT2D eigenvalue weighted by Gasteiger charge is 2.29. The van der Waals surface area contributed by atoms with Gasteiger partial charge in [0.2, 0.25) is 10.0 Å². The highest BCUT2D eigenvalue weighted by atomic mass is 32.2. The predicted molar refractivity (Wildman–Crippen MR) is 74.2 cm³/mol. The second-order valence-electron chi connectivity index (χ2n) is 4.62. The Hall–Kier alpha value is -1.67. The van der Waals surface area contributed by atoms with Crippen molar-refractivity contribution in [1.29, 1.82) is 0 Å². The molecule has 0 fully saturated rings. The SMILES string of the molecule is CC[C@H](C)[C@H](NS(=O)(=O)c1ccc(OC)c(F)c1)C(=O)O. The molecule has 1 rings (SSSR count). The van der Waals surface area contributed by atoms with Crippen LogP contribution < -0.4 is 9.46 Å². The molecular weight excluding hydrogens is 301 g/mol. The number of rotatable bonds is 7. The maximum Gasteiger partial charge on any atom is 0.322 e. The van der Waals surface area contributed by atoms with E-state index in [-0.39, 0.29) is 10.6 Å². The summed E-state index contributed by atoms with van der Waals surface area (Å²) >= 11 is 0. The highest BCUT2D eigenvalue weighted by Crippen LogP contribution is 2.21. The quantitative estimate of drug-likeness (QED) is 0.796. The lowest BCUT2D eigenvalue weighted by atomic mass is 10.0. The molecule has 0 spiro atoms. The molecule has 2 N–H and O–H groups in total. The summed E-state index contributed by atoms with van der Waals surface area (Å²) in [5.74, 6) is -2.61. The molecule has 0 amide bonds. The Morgan fingerprint density at radius 2 is 2.10 bits per heavy atom.